The Kier molecular flexibility index (Phi) is 4.21. The molecule has 0 N–H and O–H groups in total. The fourth-order valence-electron chi connectivity index (χ4n) is 4.67. The molecule has 2 aliphatic heterocycles. The number of aryl methyl sites for hydroxylation is 1. The van der Waals surface area contributed by atoms with Crippen LogP contribution in [0.25, 0.3) is 0 Å². The third kappa shape index (κ3) is 2.59. The average molecular weight is 329 g/mol. The van der Waals surface area contributed by atoms with E-state index in [4.69, 9.17) is 9.72 Å². The average Bonchev–Trinajstić information content (AvgIpc) is 2.99. The number of carbonyl (C=O) groups is 1. The first-order chi connectivity index (χ1) is 11.7. The summed E-state index contributed by atoms with van der Waals surface area (Å²) in [6.45, 7) is 2.23. The zero-order valence-corrected chi connectivity index (χ0v) is 14.5. The molecule has 1 aliphatic carbocycles. The molecule has 0 saturated carbocycles. The fraction of sp³-hybridized carbons (Fsp3) is 0.684. The van der Waals surface area contributed by atoms with E-state index in [2.05, 4.69) is 28.7 Å². The standard InChI is InChI=1S/C19H27N3O2/c1-21-14-20-18-16(21)7-10-22(19(18)8-11-24-12-9-19)17(23)13-15-5-3-2-4-6-15/h3,5,14-15H,2,4,6-13H2,1H3. The van der Waals surface area contributed by atoms with Crippen molar-refractivity contribution in [3.8, 4) is 0 Å². The van der Waals surface area contributed by atoms with Crippen LogP contribution in [0.2, 0.25) is 0 Å². The number of hydrogen-bond donors (Lipinski definition) is 0. The van der Waals surface area contributed by atoms with Crippen molar-refractivity contribution in [3.05, 3.63) is 29.9 Å². The third-order valence-corrected chi connectivity index (χ3v) is 6.00. The minimum absolute atomic E-state index is 0.247. The minimum atomic E-state index is -0.247. The first-order valence-electron chi connectivity index (χ1n) is 9.26. The molecule has 0 bridgehead atoms. The van der Waals surface area contributed by atoms with Gasteiger partial charge in [0.05, 0.1) is 17.6 Å². The minimum Gasteiger partial charge on any atom is -0.381 e. The normalized spacial score (nSPS) is 25.7. The van der Waals surface area contributed by atoms with Gasteiger partial charge in [-0.25, -0.2) is 4.98 Å². The number of aromatic nitrogens is 2. The van der Waals surface area contributed by atoms with Gasteiger partial charge in [0, 0.05) is 45.3 Å². The van der Waals surface area contributed by atoms with Crippen LogP contribution in [0.5, 0.6) is 0 Å². The Morgan fingerprint density at radius 1 is 1.42 bits per heavy atom. The summed E-state index contributed by atoms with van der Waals surface area (Å²) >= 11 is 0. The molecule has 4 rings (SSSR count). The van der Waals surface area contributed by atoms with Gasteiger partial charge < -0.3 is 14.2 Å². The van der Waals surface area contributed by atoms with Gasteiger partial charge in [0.25, 0.3) is 0 Å². The van der Waals surface area contributed by atoms with Crippen LogP contribution in [0.4, 0.5) is 0 Å². The maximum atomic E-state index is 13.2. The monoisotopic (exact) mass is 329 g/mol. The van der Waals surface area contributed by atoms with E-state index < -0.39 is 0 Å². The summed E-state index contributed by atoms with van der Waals surface area (Å²) in [7, 11) is 2.06. The summed E-state index contributed by atoms with van der Waals surface area (Å²) in [6, 6.07) is 0. The second-order valence-corrected chi connectivity index (χ2v) is 7.41. The Morgan fingerprint density at radius 2 is 2.25 bits per heavy atom. The molecule has 3 aliphatic rings. The van der Waals surface area contributed by atoms with Crippen molar-refractivity contribution in [3.63, 3.8) is 0 Å². The maximum Gasteiger partial charge on any atom is 0.223 e. The van der Waals surface area contributed by atoms with Crippen molar-refractivity contribution in [2.45, 2.75) is 50.5 Å². The lowest BCUT2D eigenvalue weighted by atomic mass is 9.79. The lowest BCUT2D eigenvalue weighted by molar-refractivity contribution is -0.145. The molecule has 1 spiro atoms. The molecule has 0 aromatic carbocycles. The quantitative estimate of drug-likeness (QED) is 0.784. The van der Waals surface area contributed by atoms with E-state index in [9.17, 15) is 4.79 Å². The Morgan fingerprint density at radius 3 is 3.00 bits per heavy atom. The van der Waals surface area contributed by atoms with Crippen molar-refractivity contribution in [2.24, 2.45) is 13.0 Å². The van der Waals surface area contributed by atoms with Crippen LogP contribution >= 0.6 is 0 Å². The third-order valence-electron chi connectivity index (χ3n) is 6.00. The van der Waals surface area contributed by atoms with Gasteiger partial charge in [-0.1, -0.05) is 12.2 Å². The van der Waals surface area contributed by atoms with Crippen molar-refractivity contribution in [1.82, 2.24) is 14.5 Å². The summed E-state index contributed by atoms with van der Waals surface area (Å²) in [5.41, 5.74) is 2.16. The zero-order valence-electron chi connectivity index (χ0n) is 14.5. The van der Waals surface area contributed by atoms with Crippen LogP contribution < -0.4 is 0 Å². The molecule has 1 atom stereocenters. The highest BCUT2D eigenvalue weighted by Gasteiger charge is 2.48. The van der Waals surface area contributed by atoms with Gasteiger partial charge in [-0.15, -0.1) is 0 Å². The van der Waals surface area contributed by atoms with E-state index >= 15 is 0 Å². The number of imidazole rings is 1. The van der Waals surface area contributed by atoms with Crippen LogP contribution in [0, 0.1) is 5.92 Å². The summed E-state index contributed by atoms with van der Waals surface area (Å²) in [4.78, 5) is 20.0. The molecule has 1 aromatic heterocycles. The summed E-state index contributed by atoms with van der Waals surface area (Å²) in [6.07, 6.45) is 13.2. The van der Waals surface area contributed by atoms with Gasteiger partial charge in [-0.05, 0) is 38.0 Å². The summed E-state index contributed by atoms with van der Waals surface area (Å²) in [5, 5.41) is 0. The van der Waals surface area contributed by atoms with E-state index in [1.54, 1.807) is 0 Å². The van der Waals surface area contributed by atoms with Gasteiger partial charge in [0.15, 0.2) is 0 Å². The maximum absolute atomic E-state index is 13.2. The molecule has 5 nitrogen and oxygen atoms in total. The van der Waals surface area contributed by atoms with Gasteiger partial charge in [0.2, 0.25) is 5.91 Å². The molecule has 24 heavy (non-hydrogen) atoms. The lowest BCUT2D eigenvalue weighted by Crippen LogP contribution is -2.56. The topological polar surface area (TPSA) is 47.4 Å². The molecule has 1 fully saturated rings. The SMILES string of the molecule is Cn1cnc2c1CCN(C(=O)CC1C=CCCC1)C21CCOCC1. The Labute approximate surface area is 143 Å². The number of allylic oxidation sites excluding steroid dienone is 2. The molecule has 3 heterocycles. The zero-order chi connectivity index (χ0) is 16.6. The molecular weight excluding hydrogens is 302 g/mol. The Hall–Kier alpha value is -1.62. The molecular formula is C19H27N3O2. The summed E-state index contributed by atoms with van der Waals surface area (Å²) < 4.78 is 7.74. The van der Waals surface area contributed by atoms with Gasteiger partial charge >= 0.3 is 0 Å². The summed E-state index contributed by atoms with van der Waals surface area (Å²) in [5.74, 6) is 0.707. The predicted molar refractivity (Wildman–Crippen MR) is 91.5 cm³/mol. The number of carbonyl (C=O) groups excluding carboxylic acids is 1. The second-order valence-electron chi connectivity index (χ2n) is 7.41. The van der Waals surface area contributed by atoms with Crippen molar-refractivity contribution >= 4 is 5.91 Å². The Balaban J connectivity index is 1.62. The first-order valence-corrected chi connectivity index (χ1v) is 9.26. The fourth-order valence-corrected chi connectivity index (χ4v) is 4.67. The number of ether oxygens (including phenoxy) is 1. The molecule has 1 amide bonds. The molecule has 1 aromatic rings. The second kappa shape index (κ2) is 6.36. The highest BCUT2D eigenvalue weighted by atomic mass is 16.5. The van der Waals surface area contributed by atoms with Crippen LogP contribution in [0.15, 0.2) is 18.5 Å². The lowest BCUT2D eigenvalue weighted by Gasteiger charge is -2.48. The van der Waals surface area contributed by atoms with Gasteiger partial charge in [0.1, 0.15) is 0 Å². The molecule has 1 saturated heterocycles. The number of rotatable bonds is 2. The smallest absolute Gasteiger partial charge is 0.223 e. The van der Waals surface area contributed by atoms with Crippen LogP contribution in [0.3, 0.4) is 0 Å². The van der Waals surface area contributed by atoms with Crippen LogP contribution in [-0.4, -0.2) is 40.1 Å². The molecule has 130 valence electrons. The number of nitrogens with zero attached hydrogens (tertiary/aromatic N) is 3. The van der Waals surface area contributed by atoms with E-state index in [1.807, 2.05) is 6.33 Å². The highest BCUT2D eigenvalue weighted by molar-refractivity contribution is 5.78. The van der Waals surface area contributed by atoms with E-state index in [0.29, 0.717) is 31.5 Å². The molecule has 1 unspecified atom stereocenters. The highest BCUT2D eigenvalue weighted by Crippen LogP contribution is 2.43. The molecule has 5 heteroatoms. The number of amides is 1. The van der Waals surface area contributed by atoms with Crippen molar-refractivity contribution in [2.75, 3.05) is 19.8 Å². The first kappa shape index (κ1) is 15.9. The van der Waals surface area contributed by atoms with Crippen molar-refractivity contribution < 1.29 is 9.53 Å². The van der Waals surface area contributed by atoms with E-state index in [-0.39, 0.29) is 5.54 Å². The van der Waals surface area contributed by atoms with Crippen LogP contribution in [0.1, 0.15) is 49.9 Å². The number of fused-ring (bicyclic) bond motifs is 2. The van der Waals surface area contributed by atoms with Gasteiger partial charge in [-0.2, -0.15) is 0 Å². The predicted octanol–water partition coefficient (Wildman–Crippen LogP) is 2.56. The largest absolute Gasteiger partial charge is 0.381 e. The van der Waals surface area contributed by atoms with Crippen molar-refractivity contribution in [1.29, 1.82) is 0 Å². The van der Waals surface area contributed by atoms with E-state index in [0.717, 1.165) is 44.3 Å². The Bertz CT molecular complexity index is 643. The van der Waals surface area contributed by atoms with Gasteiger partial charge in [-0.3, -0.25) is 4.79 Å². The molecule has 0 radical (unpaired) electrons. The van der Waals surface area contributed by atoms with Crippen LogP contribution in [-0.2, 0) is 28.5 Å². The van der Waals surface area contributed by atoms with E-state index in [1.165, 1.54) is 12.1 Å². The number of hydrogen-bond acceptors (Lipinski definition) is 3.